The summed E-state index contributed by atoms with van der Waals surface area (Å²) in [5, 5.41) is 0. The van der Waals surface area contributed by atoms with Gasteiger partial charge in [-0.3, -0.25) is 0 Å². The summed E-state index contributed by atoms with van der Waals surface area (Å²) in [5.74, 6) is -19.8. The summed E-state index contributed by atoms with van der Waals surface area (Å²) in [5.41, 5.74) is -0.799. The molecule has 0 N–H and O–H groups in total. The summed E-state index contributed by atoms with van der Waals surface area (Å²) >= 11 is 0. The second kappa shape index (κ2) is 10.7. The summed E-state index contributed by atoms with van der Waals surface area (Å²) in [6.07, 6.45) is -14.7. The normalized spacial score (nSPS) is 13.6. The molecule has 16 heteroatoms. The third-order valence-electron chi connectivity index (χ3n) is 2.71. The molecular weight excluding hydrogens is 472 g/mol. The van der Waals surface area contributed by atoms with Gasteiger partial charge in [0.15, 0.2) is 6.61 Å². The van der Waals surface area contributed by atoms with E-state index in [-0.39, 0.29) is 5.57 Å². The van der Waals surface area contributed by atoms with Crippen LogP contribution in [0.15, 0.2) is 24.3 Å². The SMILES string of the molecule is C=C(C)C(=O)OC(F)C(F)(F)C(F)(F)C(F)F.C=C(C)C(=O)OCC(F)(F)C(F)(F)F. The Morgan fingerprint density at radius 1 is 0.774 bits per heavy atom. The third-order valence-corrected chi connectivity index (χ3v) is 2.71. The van der Waals surface area contributed by atoms with Gasteiger partial charge in [0.1, 0.15) is 0 Å². The van der Waals surface area contributed by atoms with E-state index in [1.165, 1.54) is 0 Å². The van der Waals surface area contributed by atoms with E-state index in [1.807, 2.05) is 0 Å². The van der Waals surface area contributed by atoms with Crippen molar-refractivity contribution in [3.8, 4) is 0 Å². The Balaban J connectivity index is 0. The lowest BCUT2D eigenvalue weighted by molar-refractivity contribution is -0.318. The molecule has 0 bridgehead atoms. The van der Waals surface area contributed by atoms with E-state index in [4.69, 9.17) is 0 Å². The molecule has 0 aromatic rings. The number of esters is 2. The van der Waals surface area contributed by atoms with Crippen LogP contribution < -0.4 is 0 Å². The molecule has 0 fully saturated rings. The minimum atomic E-state index is -5.96. The van der Waals surface area contributed by atoms with E-state index in [9.17, 15) is 62.3 Å². The molecule has 0 saturated carbocycles. The lowest BCUT2D eigenvalue weighted by Gasteiger charge is -2.27. The number of carbonyl (C=O) groups is 2. The van der Waals surface area contributed by atoms with Gasteiger partial charge in [-0.05, 0) is 13.8 Å². The lowest BCUT2D eigenvalue weighted by atomic mass is 10.2. The van der Waals surface area contributed by atoms with Gasteiger partial charge in [0.2, 0.25) is 0 Å². The first kappa shape index (κ1) is 30.8. The van der Waals surface area contributed by atoms with Crippen molar-refractivity contribution in [2.24, 2.45) is 0 Å². The average Bonchev–Trinajstić information content (AvgIpc) is 2.58. The van der Waals surface area contributed by atoms with Crippen molar-refractivity contribution >= 4 is 11.9 Å². The molecule has 182 valence electrons. The molecule has 31 heavy (non-hydrogen) atoms. The summed E-state index contributed by atoms with van der Waals surface area (Å²) in [4.78, 5) is 21.1. The molecule has 0 aromatic carbocycles. The molecule has 1 unspecified atom stereocenters. The average molecular weight is 486 g/mol. The van der Waals surface area contributed by atoms with Crippen molar-refractivity contribution in [1.82, 2.24) is 0 Å². The van der Waals surface area contributed by atoms with Crippen LogP contribution in [-0.2, 0) is 19.1 Å². The van der Waals surface area contributed by atoms with E-state index in [0.717, 1.165) is 13.8 Å². The number of alkyl halides is 12. The molecule has 0 saturated heterocycles. The van der Waals surface area contributed by atoms with Crippen LogP contribution in [0.5, 0.6) is 0 Å². The van der Waals surface area contributed by atoms with Gasteiger partial charge in [-0.2, -0.15) is 43.9 Å². The van der Waals surface area contributed by atoms with Gasteiger partial charge in [0.05, 0.1) is 0 Å². The Bertz CT molecular complexity index is 669. The third kappa shape index (κ3) is 8.69. The van der Waals surface area contributed by atoms with Gasteiger partial charge in [-0.15, -0.1) is 0 Å². The summed E-state index contributed by atoms with van der Waals surface area (Å²) in [6, 6.07) is 0. The van der Waals surface area contributed by atoms with Crippen molar-refractivity contribution in [1.29, 1.82) is 0 Å². The maximum absolute atomic E-state index is 12.6. The van der Waals surface area contributed by atoms with Crippen LogP contribution in [0.4, 0.5) is 52.7 Å². The van der Waals surface area contributed by atoms with Crippen LogP contribution >= 0.6 is 0 Å². The van der Waals surface area contributed by atoms with E-state index in [0.29, 0.717) is 0 Å². The molecule has 0 aromatic heterocycles. The summed E-state index contributed by atoms with van der Waals surface area (Å²) < 4.78 is 151. The van der Waals surface area contributed by atoms with Crippen LogP contribution in [-0.4, -0.2) is 55.3 Å². The predicted molar refractivity (Wildman–Crippen MR) is 78.5 cm³/mol. The number of hydrogen-bond acceptors (Lipinski definition) is 4. The van der Waals surface area contributed by atoms with Gasteiger partial charge >= 0.3 is 48.7 Å². The zero-order chi connectivity index (χ0) is 25.6. The topological polar surface area (TPSA) is 52.6 Å². The molecule has 0 heterocycles. The highest BCUT2D eigenvalue weighted by molar-refractivity contribution is 5.87. The van der Waals surface area contributed by atoms with Gasteiger partial charge in [0.25, 0.3) is 0 Å². The first-order valence-corrected chi connectivity index (χ1v) is 7.33. The number of ether oxygens (including phenoxy) is 2. The summed E-state index contributed by atoms with van der Waals surface area (Å²) in [6.45, 7) is 5.92. The fourth-order valence-corrected chi connectivity index (χ4v) is 0.927. The summed E-state index contributed by atoms with van der Waals surface area (Å²) in [7, 11) is 0. The molecule has 0 radical (unpaired) electrons. The molecule has 0 aliphatic carbocycles. The first-order valence-electron chi connectivity index (χ1n) is 7.33. The van der Waals surface area contributed by atoms with Gasteiger partial charge in [-0.25, -0.2) is 18.4 Å². The van der Waals surface area contributed by atoms with Crippen LogP contribution in [0.1, 0.15) is 13.8 Å². The Morgan fingerprint density at radius 2 is 1.16 bits per heavy atom. The highest BCUT2D eigenvalue weighted by Gasteiger charge is 2.69. The number of hydrogen-bond donors (Lipinski definition) is 0. The van der Waals surface area contributed by atoms with Gasteiger partial charge in [-0.1, -0.05) is 13.2 Å². The maximum Gasteiger partial charge on any atom is 0.456 e. The molecule has 0 aliphatic rings. The Labute approximate surface area is 166 Å². The van der Waals surface area contributed by atoms with Crippen LogP contribution in [0.2, 0.25) is 0 Å². The van der Waals surface area contributed by atoms with Crippen LogP contribution in [0.25, 0.3) is 0 Å². The van der Waals surface area contributed by atoms with Crippen molar-refractivity contribution in [2.75, 3.05) is 6.61 Å². The molecule has 0 aliphatic heterocycles. The fraction of sp³-hybridized carbons (Fsp3) is 0.600. The molecular formula is C15H14F12O4. The zero-order valence-electron chi connectivity index (χ0n) is 15.4. The zero-order valence-corrected chi connectivity index (χ0v) is 15.4. The minimum absolute atomic E-state index is 0.247. The van der Waals surface area contributed by atoms with E-state index in [2.05, 4.69) is 22.6 Å². The van der Waals surface area contributed by atoms with Crippen LogP contribution in [0, 0.1) is 0 Å². The highest BCUT2D eigenvalue weighted by Crippen LogP contribution is 2.43. The van der Waals surface area contributed by atoms with Crippen molar-refractivity contribution in [3.05, 3.63) is 24.3 Å². The number of carbonyl (C=O) groups excluding carboxylic acids is 2. The second-order valence-electron chi connectivity index (χ2n) is 5.61. The predicted octanol–water partition coefficient (Wildman–Crippen LogP) is 5.24. The van der Waals surface area contributed by atoms with Crippen molar-refractivity contribution in [3.63, 3.8) is 0 Å². The first-order chi connectivity index (χ1) is 13.5. The molecule has 0 rings (SSSR count). The van der Waals surface area contributed by atoms with E-state index in [1.54, 1.807) is 0 Å². The Hall–Kier alpha value is -2.42. The van der Waals surface area contributed by atoms with Crippen molar-refractivity contribution < 1.29 is 71.7 Å². The number of halogens is 12. The number of rotatable bonds is 8. The monoisotopic (exact) mass is 486 g/mol. The van der Waals surface area contributed by atoms with E-state index < -0.39 is 60.8 Å². The smallest absolute Gasteiger partial charge is 0.456 e. The molecule has 4 nitrogen and oxygen atoms in total. The largest absolute Gasteiger partial charge is 0.456 e. The maximum atomic E-state index is 12.6. The highest BCUT2D eigenvalue weighted by atomic mass is 19.4. The Morgan fingerprint density at radius 3 is 1.45 bits per heavy atom. The molecule has 0 amide bonds. The lowest BCUT2D eigenvalue weighted by Crippen LogP contribution is -2.53. The molecule has 1 atom stereocenters. The quantitative estimate of drug-likeness (QED) is 0.268. The standard InChI is InChI=1S/C8H7F7O2.C7H7F5O2/c1-3(2)4(16)17-6(11)8(14,15)7(12,13)5(9)10;1-4(2)5(13)14-3-6(8,9)7(10,11)12/h5-6H,1H2,2H3;1,3H2,2H3. The molecule has 0 spiro atoms. The van der Waals surface area contributed by atoms with Gasteiger partial charge in [0, 0.05) is 11.1 Å². The van der Waals surface area contributed by atoms with Crippen LogP contribution in [0.3, 0.4) is 0 Å². The van der Waals surface area contributed by atoms with Crippen molar-refractivity contribution in [2.45, 2.75) is 50.6 Å². The fourth-order valence-electron chi connectivity index (χ4n) is 0.927. The van der Waals surface area contributed by atoms with Gasteiger partial charge < -0.3 is 9.47 Å². The second-order valence-corrected chi connectivity index (χ2v) is 5.61. The van der Waals surface area contributed by atoms with E-state index >= 15 is 0 Å². The minimum Gasteiger partial charge on any atom is -0.456 e. The Kier molecular flexibility index (Phi) is 10.7.